The van der Waals surface area contributed by atoms with Crippen LogP contribution < -0.4 is 16.5 Å². The fraction of sp³-hybridized carbons (Fsp3) is 0.182. The van der Waals surface area contributed by atoms with Gasteiger partial charge in [-0.1, -0.05) is 12.1 Å². The Balaban J connectivity index is 0.000000171. The SMILES string of the molecule is NCCc1c[nH]cn1.NOc1ccccc1O. The molecule has 0 radical (unpaired) electrons. The van der Waals surface area contributed by atoms with Crippen LogP contribution in [-0.4, -0.2) is 21.6 Å². The van der Waals surface area contributed by atoms with Gasteiger partial charge in [0.05, 0.1) is 12.0 Å². The highest BCUT2D eigenvalue weighted by atomic mass is 16.6. The molecule has 0 aliphatic heterocycles. The second-order valence-corrected chi connectivity index (χ2v) is 3.18. The monoisotopic (exact) mass is 236 g/mol. The number of hydrogen-bond donors (Lipinski definition) is 4. The highest BCUT2D eigenvalue weighted by Crippen LogP contribution is 2.22. The molecule has 0 aliphatic rings. The van der Waals surface area contributed by atoms with Gasteiger partial charge < -0.3 is 20.7 Å². The van der Waals surface area contributed by atoms with Crippen LogP contribution in [-0.2, 0) is 6.42 Å². The third-order valence-corrected chi connectivity index (χ3v) is 1.95. The van der Waals surface area contributed by atoms with E-state index in [2.05, 4.69) is 14.8 Å². The smallest absolute Gasteiger partial charge is 0.188 e. The molecule has 2 aromatic rings. The summed E-state index contributed by atoms with van der Waals surface area (Å²) in [6.07, 6.45) is 4.38. The minimum atomic E-state index is 0.0556. The van der Waals surface area contributed by atoms with E-state index in [-0.39, 0.29) is 11.5 Å². The van der Waals surface area contributed by atoms with E-state index in [0.29, 0.717) is 6.54 Å². The molecule has 0 amide bonds. The molecule has 1 aromatic carbocycles. The number of aromatic amines is 1. The van der Waals surface area contributed by atoms with Crippen molar-refractivity contribution in [3.63, 3.8) is 0 Å². The largest absolute Gasteiger partial charge is 0.504 e. The van der Waals surface area contributed by atoms with E-state index in [1.54, 1.807) is 24.5 Å². The number of H-pyrrole nitrogens is 1. The zero-order chi connectivity index (χ0) is 12.5. The number of nitrogens with zero attached hydrogens (tertiary/aromatic N) is 1. The van der Waals surface area contributed by atoms with Crippen LogP contribution in [0.15, 0.2) is 36.8 Å². The normalized spacial score (nSPS) is 9.29. The van der Waals surface area contributed by atoms with E-state index >= 15 is 0 Å². The quantitative estimate of drug-likeness (QED) is 0.582. The fourth-order valence-electron chi connectivity index (χ4n) is 1.13. The maximum absolute atomic E-state index is 8.91. The van der Waals surface area contributed by atoms with Crippen molar-refractivity contribution in [3.8, 4) is 11.5 Å². The van der Waals surface area contributed by atoms with Crippen molar-refractivity contribution >= 4 is 0 Å². The molecule has 17 heavy (non-hydrogen) atoms. The van der Waals surface area contributed by atoms with Crippen LogP contribution in [0.3, 0.4) is 0 Å². The number of benzene rings is 1. The Morgan fingerprint density at radius 3 is 2.59 bits per heavy atom. The second kappa shape index (κ2) is 7.26. The average Bonchev–Trinajstić information content (AvgIpc) is 2.84. The highest BCUT2D eigenvalue weighted by Gasteiger charge is 1.95. The molecule has 1 heterocycles. The summed E-state index contributed by atoms with van der Waals surface area (Å²) in [4.78, 5) is 11.1. The summed E-state index contributed by atoms with van der Waals surface area (Å²) in [5.74, 6) is 5.14. The number of phenols is 1. The molecule has 0 unspecified atom stereocenters. The lowest BCUT2D eigenvalue weighted by Crippen LogP contribution is -2.02. The van der Waals surface area contributed by atoms with Gasteiger partial charge in [-0.15, -0.1) is 0 Å². The molecule has 1 aromatic heterocycles. The van der Waals surface area contributed by atoms with E-state index in [1.807, 2.05) is 6.20 Å². The second-order valence-electron chi connectivity index (χ2n) is 3.18. The number of imidazole rings is 1. The van der Waals surface area contributed by atoms with Crippen molar-refractivity contribution in [1.29, 1.82) is 0 Å². The van der Waals surface area contributed by atoms with Gasteiger partial charge in [0.25, 0.3) is 0 Å². The van der Waals surface area contributed by atoms with Gasteiger partial charge in [-0.05, 0) is 18.7 Å². The highest BCUT2D eigenvalue weighted by molar-refractivity contribution is 5.37. The Bertz CT molecular complexity index is 417. The Morgan fingerprint density at radius 1 is 1.35 bits per heavy atom. The molecular formula is C11H16N4O2. The fourth-order valence-corrected chi connectivity index (χ4v) is 1.13. The molecule has 92 valence electrons. The van der Waals surface area contributed by atoms with Crippen molar-refractivity contribution in [2.24, 2.45) is 11.6 Å². The zero-order valence-corrected chi connectivity index (χ0v) is 9.34. The first-order valence-corrected chi connectivity index (χ1v) is 5.10. The molecule has 6 nitrogen and oxygen atoms in total. The Hall–Kier alpha value is -2.05. The molecule has 0 spiro atoms. The molecule has 2 rings (SSSR count). The van der Waals surface area contributed by atoms with Gasteiger partial charge in [0.15, 0.2) is 11.5 Å². The van der Waals surface area contributed by atoms with Crippen LogP contribution in [0.1, 0.15) is 5.69 Å². The van der Waals surface area contributed by atoms with Gasteiger partial charge in [0.2, 0.25) is 0 Å². The average molecular weight is 236 g/mol. The van der Waals surface area contributed by atoms with Crippen molar-refractivity contribution < 1.29 is 9.94 Å². The number of rotatable bonds is 3. The Kier molecular flexibility index (Phi) is 5.56. The van der Waals surface area contributed by atoms with Gasteiger partial charge >= 0.3 is 0 Å². The van der Waals surface area contributed by atoms with Crippen LogP contribution in [0, 0.1) is 0 Å². The van der Waals surface area contributed by atoms with Crippen molar-refractivity contribution in [2.75, 3.05) is 6.54 Å². The van der Waals surface area contributed by atoms with Gasteiger partial charge in [-0.25, -0.2) is 4.98 Å². The third kappa shape index (κ3) is 4.54. The molecule has 0 saturated carbocycles. The maximum atomic E-state index is 8.91. The number of para-hydroxylation sites is 2. The topological polar surface area (TPSA) is 110 Å². The van der Waals surface area contributed by atoms with Crippen LogP contribution >= 0.6 is 0 Å². The summed E-state index contributed by atoms with van der Waals surface area (Å²) in [6.45, 7) is 0.671. The Morgan fingerprint density at radius 2 is 2.12 bits per heavy atom. The van der Waals surface area contributed by atoms with Gasteiger partial charge in [0.1, 0.15) is 0 Å². The number of nitrogens with one attached hydrogen (secondary N) is 1. The lowest BCUT2D eigenvalue weighted by atomic mass is 10.3. The predicted molar refractivity (Wildman–Crippen MR) is 64.3 cm³/mol. The number of hydrogen-bond acceptors (Lipinski definition) is 5. The summed E-state index contributed by atoms with van der Waals surface area (Å²) >= 11 is 0. The number of phenolic OH excluding ortho intramolecular Hbond substituents is 1. The molecule has 6 N–H and O–H groups in total. The third-order valence-electron chi connectivity index (χ3n) is 1.95. The predicted octanol–water partition coefficient (Wildman–Crippen LogP) is 0.556. The summed E-state index contributed by atoms with van der Waals surface area (Å²) in [5, 5.41) is 8.91. The van der Waals surface area contributed by atoms with Gasteiger partial charge in [-0.2, -0.15) is 5.90 Å². The van der Waals surface area contributed by atoms with Crippen LogP contribution in [0.2, 0.25) is 0 Å². The first-order chi connectivity index (χ1) is 8.27. The number of nitrogens with two attached hydrogens (primary N) is 2. The van der Waals surface area contributed by atoms with Gasteiger partial charge in [-0.3, -0.25) is 0 Å². The molecular weight excluding hydrogens is 220 g/mol. The lowest BCUT2D eigenvalue weighted by molar-refractivity contribution is 0.313. The molecule has 0 fully saturated rings. The number of aromatic nitrogens is 2. The Labute approximate surface area is 99.2 Å². The molecule has 0 atom stereocenters. The molecule has 0 bridgehead atoms. The standard InChI is InChI=1S/C6H7NO2.C5H9N3/c7-9-6-4-2-1-3-5(6)8;6-2-1-5-3-7-4-8-5/h1-4,8H,7H2;3-4H,1-2,6H2,(H,7,8). The zero-order valence-electron chi connectivity index (χ0n) is 9.34. The first kappa shape index (κ1) is 13.0. The summed E-state index contributed by atoms with van der Waals surface area (Å²) in [7, 11) is 0. The van der Waals surface area contributed by atoms with Crippen molar-refractivity contribution in [3.05, 3.63) is 42.5 Å². The summed E-state index contributed by atoms with van der Waals surface area (Å²) in [5.41, 5.74) is 6.30. The molecule has 0 saturated heterocycles. The minimum absolute atomic E-state index is 0.0556. The first-order valence-electron chi connectivity index (χ1n) is 5.10. The molecule has 6 heteroatoms. The summed E-state index contributed by atoms with van der Waals surface area (Å²) < 4.78 is 0. The van der Waals surface area contributed by atoms with E-state index in [0.717, 1.165) is 12.1 Å². The van der Waals surface area contributed by atoms with E-state index < -0.39 is 0 Å². The van der Waals surface area contributed by atoms with Crippen LogP contribution in [0.5, 0.6) is 11.5 Å². The van der Waals surface area contributed by atoms with Crippen molar-refractivity contribution in [2.45, 2.75) is 6.42 Å². The van der Waals surface area contributed by atoms with Gasteiger partial charge in [0, 0.05) is 12.6 Å². The van der Waals surface area contributed by atoms with Crippen LogP contribution in [0.25, 0.3) is 0 Å². The van der Waals surface area contributed by atoms with E-state index in [1.165, 1.54) is 6.07 Å². The van der Waals surface area contributed by atoms with E-state index in [9.17, 15) is 0 Å². The summed E-state index contributed by atoms with van der Waals surface area (Å²) in [6, 6.07) is 6.50. The maximum Gasteiger partial charge on any atom is 0.188 e. The molecule has 0 aliphatic carbocycles. The lowest BCUT2D eigenvalue weighted by Gasteiger charge is -1.98. The van der Waals surface area contributed by atoms with Crippen LogP contribution in [0.4, 0.5) is 0 Å². The van der Waals surface area contributed by atoms with E-state index in [4.69, 9.17) is 16.7 Å². The van der Waals surface area contributed by atoms with Crippen molar-refractivity contribution in [1.82, 2.24) is 9.97 Å². The minimum Gasteiger partial charge on any atom is -0.504 e. The number of aromatic hydroxyl groups is 1.